The maximum Gasteiger partial charge on any atom is 0.222 e. The van der Waals surface area contributed by atoms with Crippen molar-refractivity contribution >= 4 is 35.8 Å². The third-order valence-electron chi connectivity index (χ3n) is 5.46. The number of rotatable bonds is 4. The average Bonchev–Trinajstić information content (AvgIpc) is 3.28. The fourth-order valence-electron chi connectivity index (χ4n) is 3.65. The molecule has 1 saturated heterocycles. The molecule has 0 spiro atoms. The van der Waals surface area contributed by atoms with Crippen molar-refractivity contribution in [1.29, 1.82) is 0 Å². The van der Waals surface area contributed by atoms with Gasteiger partial charge in [0.05, 0.1) is 7.11 Å². The van der Waals surface area contributed by atoms with Gasteiger partial charge in [0.25, 0.3) is 0 Å². The summed E-state index contributed by atoms with van der Waals surface area (Å²) in [4.78, 5) is 17.8. The maximum atomic E-state index is 11.6. The van der Waals surface area contributed by atoms with Gasteiger partial charge in [-0.05, 0) is 18.9 Å². The third-order valence-corrected chi connectivity index (χ3v) is 5.46. The highest BCUT2D eigenvalue weighted by Crippen LogP contribution is 2.50. The number of carbonyl (C=O) groups excluding carboxylic acids is 1. The van der Waals surface area contributed by atoms with Crippen LogP contribution in [0.4, 0.5) is 0 Å². The van der Waals surface area contributed by atoms with Crippen LogP contribution < -0.4 is 15.4 Å². The van der Waals surface area contributed by atoms with Gasteiger partial charge in [0.2, 0.25) is 5.91 Å². The number of benzene rings is 1. The van der Waals surface area contributed by atoms with Gasteiger partial charge in [-0.25, -0.2) is 0 Å². The van der Waals surface area contributed by atoms with Crippen molar-refractivity contribution in [3.8, 4) is 5.75 Å². The zero-order valence-electron chi connectivity index (χ0n) is 15.9. The molecule has 6 nitrogen and oxygen atoms in total. The first kappa shape index (κ1) is 20.8. The molecule has 3 rings (SSSR count). The quantitative estimate of drug-likeness (QED) is 0.401. The first-order chi connectivity index (χ1) is 12.0. The zero-order valence-corrected chi connectivity index (χ0v) is 18.2. The number of piperidine rings is 1. The van der Waals surface area contributed by atoms with Gasteiger partial charge in [-0.15, -0.1) is 24.0 Å². The number of likely N-dealkylation sites (N-methyl/N-ethyl adjacent to an activating group) is 1. The fraction of sp³-hybridized carbons (Fsp3) is 0.579. The van der Waals surface area contributed by atoms with Crippen molar-refractivity contribution < 1.29 is 9.53 Å². The predicted molar refractivity (Wildman–Crippen MR) is 114 cm³/mol. The molecule has 1 aliphatic carbocycles. The fourth-order valence-corrected chi connectivity index (χ4v) is 3.65. The topological polar surface area (TPSA) is 66.0 Å². The number of nitrogens with one attached hydrogen (secondary N) is 2. The standard InChI is InChI=1S/C19H28N4O2.HI/c1-19(14-7-5-6-8-15(14)25-4)11-16(19)22-18(20-2)21-13-9-10-17(24)23(3)12-13;/h5-8,13,16H,9-12H2,1-4H3,(H2,20,21,22);1H. The van der Waals surface area contributed by atoms with E-state index in [0.29, 0.717) is 19.0 Å². The van der Waals surface area contributed by atoms with Crippen molar-refractivity contribution in [2.24, 2.45) is 4.99 Å². The zero-order chi connectivity index (χ0) is 18.0. The number of hydrogen-bond donors (Lipinski definition) is 2. The van der Waals surface area contributed by atoms with Crippen LogP contribution in [0.1, 0.15) is 31.7 Å². The second-order valence-corrected chi connectivity index (χ2v) is 7.25. The molecule has 1 aromatic carbocycles. The second-order valence-electron chi connectivity index (χ2n) is 7.25. The summed E-state index contributed by atoms with van der Waals surface area (Å²) in [5.74, 6) is 1.95. The van der Waals surface area contributed by atoms with E-state index in [1.807, 2.05) is 19.2 Å². The van der Waals surface area contributed by atoms with E-state index < -0.39 is 0 Å². The molecule has 1 aromatic rings. The number of ether oxygens (including phenoxy) is 1. The molecule has 2 N–H and O–H groups in total. The molecule has 2 aliphatic rings. The van der Waals surface area contributed by atoms with Crippen LogP contribution in [0, 0.1) is 0 Å². The van der Waals surface area contributed by atoms with Crippen LogP contribution in [-0.4, -0.2) is 56.6 Å². The number of para-hydroxylation sites is 1. The molecule has 26 heavy (non-hydrogen) atoms. The largest absolute Gasteiger partial charge is 0.496 e. The summed E-state index contributed by atoms with van der Waals surface area (Å²) in [6.45, 7) is 2.97. The van der Waals surface area contributed by atoms with Crippen LogP contribution in [0.2, 0.25) is 0 Å². The van der Waals surface area contributed by atoms with Crippen LogP contribution >= 0.6 is 24.0 Å². The first-order valence-electron chi connectivity index (χ1n) is 8.85. The molecule has 3 unspecified atom stereocenters. The number of carbonyl (C=O) groups is 1. The molecule has 7 heteroatoms. The van der Waals surface area contributed by atoms with E-state index >= 15 is 0 Å². The minimum Gasteiger partial charge on any atom is -0.496 e. The molecule has 0 aromatic heterocycles. The van der Waals surface area contributed by atoms with Crippen molar-refractivity contribution in [2.45, 2.75) is 43.7 Å². The lowest BCUT2D eigenvalue weighted by Crippen LogP contribution is -2.52. The molecule has 1 amide bonds. The van der Waals surface area contributed by atoms with Crippen molar-refractivity contribution in [2.75, 3.05) is 27.7 Å². The molecular formula is C19H29IN4O2. The average molecular weight is 472 g/mol. The number of likely N-dealkylation sites (tertiary alicyclic amines) is 1. The third kappa shape index (κ3) is 4.24. The van der Waals surface area contributed by atoms with Gasteiger partial charge in [0.15, 0.2) is 5.96 Å². The molecule has 144 valence electrons. The molecule has 0 radical (unpaired) electrons. The van der Waals surface area contributed by atoms with E-state index in [9.17, 15) is 4.79 Å². The first-order valence-corrected chi connectivity index (χ1v) is 8.85. The van der Waals surface area contributed by atoms with Gasteiger partial charge in [-0.1, -0.05) is 25.1 Å². The Labute approximate surface area is 172 Å². The Morgan fingerprint density at radius 3 is 2.73 bits per heavy atom. The highest BCUT2D eigenvalue weighted by molar-refractivity contribution is 14.0. The Hall–Kier alpha value is -1.51. The van der Waals surface area contributed by atoms with Gasteiger partial charge in [-0.3, -0.25) is 9.79 Å². The minimum atomic E-state index is 0. The smallest absolute Gasteiger partial charge is 0.222 e. The minimum absolute atomic E-state index is 0. The SMILES string of the molecule is CN=C(NC1CCC(=O)N(C)C1)NC1CC1(C)c1ccccc1OC.I. The summed E-state index contributed by atoms with van der Waals surface area (Å²) in [5, 5.41) is 6.99. The highest BCUT2D eigenvalue weighted by Gasteiger charge is 2.53. The number of hydrogen-bond acceptors (Lipinski definition) is 3. The normalized spacial score (nSPS) is 28.2. The lowest BCUT2D eigenvalue weighted by Gasteiger charge is -2.31. The van der Waals surface area contributed by atoms with E-state index in [0.717, 1.165) is 24.6 Å². The number of methoxy groups -OCH3 is 1. The van der Waals surface area contributed by atoms with Crippen molar-refractivity contribution in [3.63, 3.8) is 0 Å². The van der Waals surface area contributed by atoms with Crippen LogP contribution in [0.5, 0.6) is 5.75 Å². The van der Waals surface area contributed by atoms with Gasteiger partial charge >= 0.3 is 0 Å². The van der Waals surface area contributed by atoms with Crippen LogP contribution in [0.15, 0.2) is 29.3 Å². The Balaban J connectivity index is 0.00000243. The molecule has 1 aliphatic heterocycles. The van der Waals surface area contributed by atoms with Gasteiger partial charge in [-0.2, -0.15) is 0 Å². The van der Waals surface area contributed by atoms with Crippen LogP contribution in [-0.2, 0) is 10.2 Å². The van der Waals surface area contributed by atoms with E-state index in [4.69, 9.17) is 4.74 Å². The summed E-state index contributed by atoms with van der Waals surface area (Å²) >= 11 is 0. The molecule has 0 bridgehead atoms. The summed E-state index contributed by atoms with van der Waals surface area (Å²) in [5.41, 5.74) is 1.28. The van der Waals surface area contributed by atoms with E-state index in [1.54, 1.807) is 19.1 Å². The number of amides is 1. The second kappa shape index (κ2) is 8.45. The number of nitrogens with zero attached hydrogens (tertiary/aromatic N) is 2. The van der Waals surface area contributed by atoms with E-state index in [2.05, 4.69) is 34.7 Å². The van der Waals surface area contributed by atoms with Crippen LogP contribution in [0.3, 0.4) is 0 Å². The Kier molecular flexibility index (Phi) is 6.76. The lowest BCUT2D eigenvalue weighted by atomic mass is 9.96. The van der Waals surface area contributed by atoms with Gasteiger partial charge in [0, 0.05) is 50.1 Å². The molecule has 3 atom stereocenters. The Morgan fingerprint density at radius 2 is 2.08 bits per heavy atom. The van der Waals surface area contributed by atoms with Crippen LogP contribution in [0.25, 0.3) is 0 Å². The number of halogens is 1. The van der Waals surface area contributed by atoms with Crippen molar-refractivity contribution in [1.82, 2.24) is 15.5 Å². The van der Waals surface area contributed by atoms with Crippen molar-refractivity contribution in [3.05, 3.63) is 29.8 Å². The van der Waals surface area contributed by atoms with Gasteiger partial charge in [0.1, 0.15) is 5.75 Å². The summed E-state index contributed by atoms with van der Waals surface area (Å²) in [7, 11) is 5.36. The summed E-state index contributed by atoms with van der Waals surface area (Å²) < 4.78 is 5.52. The van der Waals surface area contributed by atoms with E-state index in [-0.39, 0.29) is 41.3 Å². The highest BCUT2D eigenvalue weighted by atomic mass is 127. The number of aliphatic imine (C=N–C) groups is 1. The molecule has 1 heterocycles. The molecular weight excluding hydrogens is 443 g/mol. The number of guanidine groups is 1. The predicted octanol–water partition coefficient (Wildman–Crippen LogP) is 2.13. The lowest BCUT2D eigenvalue weighted by molar-refractivity contribution is -0.132. The molecule has 1 saturated carbocycles. The maximum absolute atomic E-state index is 11.6. The van der Waals surface area contributed by atoms with Gasteiger partial charge < -0.3 is 20.3 Å². The summed E-state index contributed by atoms with van der Waals surface area (Å²) in [6, 6.07) is 8.76. The Morgan fingerprint density at radius 1 is 1.35 bits per heavy atom. The summed E-state index contributed by atoms with van der Waals surface area (Å²) in [6.07, 6.45) is 2.48. The van der Waals surface area contributed by atoms with E-state index in [1.165, 1.54) is 5.56 Å². The monoisotopic (exact) mass is 472 g/mol. The molecule has 2 fully saturated rings. The Bertz CT molecular complexity index is 681.